The Morgan fingerprint density at radius 1 is 1.25 bits per heavy atom. The number of rotatable bonds is 3. The maximum Gasteiger partial charge on any atom is 0.322 e. The molecule has 7 nitrogen and oxygen atoms in total. The minimum Gasteiger partial charge on any atom is -0.356 e. The number of urea groups is 1. The molecule has 1 saturated carbocycles. The normalized spacial score (nSPS) is 29.8. The monoisotopic (exact) mass is 335 g/mol. The molecule has 1 unspecified atom stereocenters. The van der Waals surface area contributed by atoms with Crippen LogP contribution in [0.5, 0.6) is 0 Å². The fourth-order valence-corrected chi connectivity index (χ4v) is 4.30. The van der Waals surface area contributed by atoms with E-state index in [2.05, 4.69) is 25.8 Å². The SMILES string of the molecule is CN=C(NCC1CCCC1)N1CCC(C2(C)NC(=O)NC2=O)CC1. The van der Waals surface area contributed by atoms with Gasteiger partial charge in [0.1, 0.15) is 5.54 Å². The van der Waals surface area contributed by atoms with Gasteiger partial charge in [0.15, 0.2) is 5.96 Å². The van der Waals surface area contributed by atoms with Crippen molar-refractivity contribution in [3.8, 4) is 0 Å². The highest BCUT2D eigenvalue weighted by Crippen LogP contribution is 2.30. The van der Waals surface area contributed by atoms with Crippen LogP contribution in [0.25, 0.3) is 0 Å². The zero-order chi connectivity index (χ0) is 17.2. The first kappa shape index (κ1) is 17.0. The van der Waals surface area contributed by atoms with Crippen molar-refractivity contribution in [2.45, 2.75) is 51.0 Å². The van der Waals surface area contributed by atoms with Gasteiger partial charge in [0.05, 0.1) is 0 Å². The summed E-state index contributed by atoms with van der Waals surface area (Å²) in [5.41, 5.74) is -0.774. The Kier molecular flexibility index (Phi) is 4.96. The van der Waals surface area contributed by atoms with Crippen molar-refractivity contribution in [3.63, 3.8) is 0 Å². The van der Waals surface area contributed by atoms with Crippen molar-refractivity contribution in [2.24, 2.45) is 16.8 Å². The number of nitrogens with one attached hydrogen (secondary N) is 3. The molecule has 1 atom stereocenters. The summed E-state index contributed by atoms with van der Waals surface area (Å²) in [6.07, 6.45) is 7.08. The quantitative estimate of drug-likeness (QED) is 0.409. The third-order valence-electron chi connectivity index (χ3n) is 5.92. The number of hydrogen-bond acceptors (Lipinski definition) is 3. The maximum atomic E-state index is 12.1. The second kappa shape index (κ2) is 6.99. The van der Waals surface area contributed by atoms with Crippen LogP contribution >= 0.6 is 0 Å². The highest BCUT2D eigenvalue weighted by molar-refractivity contribution is 6.07. The molecule has 3 N–H and O–H groups in total. The molecule has 3 rings (SSSR count). The van der Waals surface area contributed by atoms with E-state index in [1.54, 1.807) is 0 Å². The molecule has 0 aromatic heterocycles. The molecule has 0 aromatic rings. The molecular formula is C17H29N5O2. The van der Waals surface area contributed by atoms with Crippen LogP contribution in [0.15, 0.2) is 4.99 Å². The Morgan fingerprint density at radius 2 is 1.92 bits per heavy atom. The van der Waals surface area contributed by atoms with E-state index in [1.807, 2.05) is 14.0 Å². The summed E-state index contributed by atoms with van der Waals surface area (Å²) in [7, 11) is 1.83. The molecule has 0 aromatic carbocycles. The lowest BCUT2D eigenvalue weighted by Gasteiger charge is -2.39. The fourth-order valence-electron chi connectivity index (χ4n) is 4.30. The van der Waals surface area contributed by atoms with Crippen molar-refractivity contribution >= 4 is 17.9 Å². The number of imide groups is 1. The molecule has 24 heavy (non-hydrogen) atoms. The minimum absolute atomic E-state index is 0.160. The molecule has 0 spiro atoms. The van der Waals surface area contributed by atoms with Crippen molar-refractivity contribution < 1.29 is 9.59 Å². The molecule has 2 aliphatic heterocycles. The number of amides is 3. The topological polar surface area (TPSA) is 85.8 Å². The first-order chi connectivity index (χ1) is 11.5. The average molecular weight is 335 g/mol. The van der Waals surface area contributed by atoms with Crippen LogP contribution in [0, 0.1) is 11.8 Å². The highest BCUT2D eigenvalue weighted by Gasteiger charge is 2.48. The van der Waals surface area contributed by atoms with Crippen LogP contribution in [0.3, 0.4) is 0 Å². The maximum absolute atomic E-state index is 12.1. The molecule has 0 bridgehead atoms. The van der Waals surface area contributed by atoms with Gasteiger partial charge in [0.2, 0.25) is 0 Å². The number of carbonyl (C=O) groups excluding carboxylic acids is 2. The minimum atomic E-state index is -0.774. The third-order valence-corrected chi connectivity index (χ3v) is 5.92. The highest BCUT2D eigenvalue weighted by atomic mass is 16.2. The molecule has 2 saturated heterocycles. The molecule has 3 amide bonds. The number of aliphatic imine (C=N–C) groups is 1. The van der Waals surface area contributed by atoms with Gasteiger partial charge < -0.3 is 15.5 Å². The van der Waals surface area contributed by atoms with Crippen LogP contribution in [-0.4, -0.2) is 55.0 Å². The molecule has 7 heteroatoms. The second-order valence-corrected chi connectivity index (χ2v) is 7.45. The Labute approximate surface area is 143 Å². The first-order valence-electron chi connectivity index (χ1n) is 9.12. The predicted molar refractivity (Wildman–Crippen MR) is 92.7 cm³/mol. The van der Waals surface area contributed by atoms with E-state index < -0.39 is 5.54 Å². The fraction of sp³-hybridized carbons (Fsp3) is 0.824. The number of carbonyl (C=O) groups is 2. The summed E-state index contributed by atoms with van der Waals surface area (Å²) in [5, 5.41) is 8.69. The number of guanidine groups is 1. The number of nitrogens with zero attached hydrogens (tertiary/aromatic N) is 2. The van der Waals surface area contributed by atoms with Gasteiger partial charge in [-0.2, -0.15) is 0 Å². The Balaban J connectivity index is 1.52. The largest absolute Gasteiger partial charge is 0.356 e. The third kappa shape index (κ3) is 3.35. The zero-order valence-electron chi connectivity index (χ0n) is 14.7. The summed E-state index contributed by atoms with van der Waals surface area (Å²) in [6, 6.07) is -0.376. The standard InChI is InChI=1S/C17H29N5O2/c1-17(14(23)20-16(24)21-17)13-7-9-22(10-8-13)15(18-2)19-11-12-5-3-4-6-12/h12-13H,3-11H2,1-2H3,(H,18,19)(H2,20,21,23,24). The molecule has 134 valence electrons. The Bertz CT molecular complexity index is 521. The van der Waals surface area contributed by atoms with Gasteiger partial charge >= 0.3 is 6.03 Å². The second-order valence-electron chi connectivity index (χ2n) is 7.45. The summed E-state index contributed by atoms with van der Waals surface area (Å²) < 4.78 is 0. The van der Waals surface area contributed by atoms with Gasteiger partial charge in [-0.25, -0.2) is 4.79 Å². The van der Waals surface area contributed by atoms with E-state index in [0.29, 0.717) is 0 Å². The van der Waals surface area contributed by atoms with Crippen LogP contribution in [-0.2, 0) is 4.79 Å². The van der Waals surface area contributed by atoms with Crippen LogP contribution in [0.2, 0.25) is 0 Å². The smallest absolute Gasteiger partial charge is 0.322 e. The number of likely N-dealkylation sites (tertiary alicyclic amines) is 1. The van der Waals surface area contributed by atoms with Crippen LogP contribution < -0.4 is 16.0 Å². The van der Waals surface area contributed by atoms with E-state index in [4.69, 9.17) is 0 Å². The van der Waals surface area contributed by atoms with Crippen LogP contribution in [0.1, 0.15) is 45.4 Å². The summed E-state index contributed by atoms with van der Waals surface area (Å²) >= 11 is 0. The van der Waals surface area contributed by atoms with Gasteiger partial charge in [-0.15, -0.1) is 0 Å². The summed E-state index contributed by atoms with van der Waals surface area (Å²) in [6.45, 7) is 4.55. The zero-order valence-corrected chi connectivity index (χ0v) is 14.7. The molecule has 3 aliphatic rings. The van der Waals surface area contributed by atoms with Crippen molar-refractivity contribution in [2.75, 3.05) is 26.7 Å². The van der Waals surface area contributed by atoms with Gasteiger partial charge in [-0.05, 0) is 44.4 Å². The first-order valence-corrected chi connectivity index (χ1v) is 9.12. The lowest BCUT2D eigenvalue weighted by atomic mass is 9.79. The summed E-state index contributed by atoms with van der Waals surface area (Å²) in [5.74, 6) is 1.70. The van der Waals surface area contributed by atoms with Gasteiger partial charge in [0.25, 0.3) is 5.91 Å². The molecule has 2 heterocycles. The summed E-state index contributed by atoms with van der Waals surface area (Å²) in [4.78, 5) is 30.2. The van der Waals surface area contributed by atoms with Gasteiger partial charge in [-0.3, -0.25) is 15.1 Å². The van der Waals surface area contributed by atoms with E-state index in [9.17, 15) is 9.59 Å². The number of hydrogen-bond donors (Lipinski definition) is 3. The Hall–Kier alpha value is -1.79. The molecule has 1 aliphatic carbocycles. The lowest BCUT2D eigenvalue weighted by Crippen LogP contribution is -2.55. The van der Waals surface area contributed by atoms with Gasteiger partial charge in [0, 0.05) is 26.7 Å². The lowest BCUT2D eigenvalue weighted by molar-refractivity contribution is -0.125. The van der Waals surface area contributed by atoms with Gasteiger partial charge in [-0.1, -0.05) is 12.8 Å². The van der Waals surface area contributed by atoms with Crippen molar-refractivity contribution in [3.05, 3.63) is 0 Å². The van der Waals surface area contributed by atoms with Crippen molar-refractivity contribution in [1.29, 1.82) is 0 Å². The van der Waals surface area contributed by atoms with E-state index in [1.165, 1.54) is 25.7 Å². The Morgan fingerprint density at radius 3 is 2.46 bits per heavy atom. The van der Waals surface area contributed by atoms with E-state index in [-0.39, 0.29) is 17.9 Å². The van der Waals surface area contributed by atoms with Crippen LogP contribution in [0.4, 0.5) is 4.79 Å². The number of piperidine rings is 1. The van der Waals surface area contributed by atoms with E-state index >= 15 is 0 Å². The van der Waals surface area contributed by atoms with E-state index in [0.717, 1.165) is 44.4 Å². The molecular weight excluding hydrogens is 306 g/mol. The predicted octanol–water partition coefficient (Wildman–Crippen LogP) is 1.06. The molecule has 3 fully saturated rings. The van der Waals surface area contributed by atoms with Crippen molar-refractivity contribution in [1.82, 2.24) is 20.9 Å². The average Bonchev–Trinajstić information content (AvgIpc) is 3.17. The molecule has 0 radical (unpaired) electrons.